The van der Waals surface area contributed by atoms with E-state index in [2.05, 4.69) is 22.7 Å². The minimum atomic E-state index is -0.469. The standard InChI is InChI=1S/C9H11N5O2S/c10-8(12-13-9(11)17)5-6-3-1-2-4-7(6)14(15)16/h1-4H,5H2,(H2,10,12)(H3,11,13,17). The van der Waals surface area contributed by atoms with E-state index in [0.717, 1.165) is 0 Å². The molecule has 0 atom stereocenters. The molecule has 7 nitrogen and oxygen atoms in total. The summed E-state index contributed by atoms with van der Waals surface area (Å²) in [5.41, 5.74) is 13.5. The van der Waals surface area contributed by atoms with E-state index >= 15 is 0 Å². The zero-order valence-electron chi connectivity index (χ0n) is 8.79. The Morgan fingerprint density at radius 1 is 1.47 bits per heavy atom. The van der Waals surface area contributed by atoms with Gasteiger partial charge >= 0.3 is 0 Å². The zero-order chi connectivity index (χ0) is 12.8. The van der Waals surface area contributed by atoms with Gasteiger partial charge in [0, 0.05) is 18.1 Å². The Hall–Kier alpha value is -2.22. The summed E-state index contributed by atoms with van der Waals surface area (Å²) in [4.78, 5) is 10.3. The van der Waals surface area contributed by atoms with E-state index in [1.807, 2.05) is 0 Å². The molecule has 0 radical (unpaired) electrons. The molecule has 0 unspecified atom stereocenters. The zero-order valence-corrected chi connectivity index (χ0v) is 9.61. The summed E-state index contributed by atoms with van der Waals surface area (Å²) in [6.07, 6.45) is 0.146. The second-order valence-electron chi connectivity index (χ2n) is 3.14. The fraction of sp³-hybridized carbons (Fsp3) is 0.111. The van der Waals surface area contributed by atoms with E-state index in [9.17, 15) is 10.1 Å². The smallest absolute Gasteiger partial charge is 0.273 e. The molecule has 17 heavy (non-hydrogen) atoms. The summed E-state index contributed by atoms with van der Waals surface area (Å²) >= 11 is 4.54. The first kappa shape index (κ1) is 12.8. The van der Waals surface area contributed by atoms with Crippen molar-refractivity contribution in [3.63, 3.8) is 0 Å². The van der Waals surface area contributed by atoms with Gasteiger partial charge in [0.1, 0.15) is 5.84 Å². The highest BCUT2D eigenvalue weighted by molar-refractivity contribution is 7.80. The highest BCUT2D eigenvalue weighted by atomic mass is 32.1. The van der Waals surface area contributed by atoms with Gasteiger partial charge in [-0.1, -0.05) is 18.2 Å². The number of benzene rings is 1. The van der Waals surface area contributed by atoms with Crippen molar-refractivity contribution in [2.24, 2.45) is 16.6 Å². The highest BCUT2D eigenvalue weighted by Gasteiger charge is 2.12. The van der Waals surface area contributed by atoms with Crippen LogP contribution in [0.3, 0.4) is 0 Å². The topological polar surface area (TPSA) is 120 Å². The first-order chi connectivity index (χ1) is 8.00. The number of nitro benzene ring substituents is 1. The van der Waals surface area contributed by atoms with Gasteiger partial charge < -0.3 is 11.5 Å². The SMILES string of the molecule is NC(=S)NN=C(N)Cc1ccccc1[N+](=O)[O-]. The molecule has 1 aromatic carbocycles. The summed E-state index contributed by atoms with van der Waals surface area (Å²) in [7, 11) is 0. The molecule has 0 bridgehead atoms. The fourth-order valence-electron chi connectivity index (χ4n) is 1.20. The number of nitrogens with two attached hydrogens (primary N) is 2. The minimum Gasteiger partial charge on any atom is -0.385 e. The molecular formula is C9H11N5O2S. The number of para-hydroxylation sites is 1. The van der Waals surface area contributed by atoms with Gasteiger partial charge in [0.2, 0.25) is 0 Å². The number of nitrogens with one attached hydrogen (secondary N) is 1. The van der Waals surface area contributed by atoms with Crippen LogP contribution >= 0.6 is 12.2 Å². The lowest BCUT2D eigenvalue weighted by Crippen LogP contribution is -2.28. The molecule has 0 heterocycles. The first-order valence-electron chi connectivity index (χ1n) is 4.60. The monoisotopic (exact) mass is 253 g/mol. The van der Waals surface area contributed by atoms with Crippen molar-refractivity contribution in [1.29, 1.82) is 0 Å². The predicted molar refractivity (Wildman–Crippen MR) is 68.3 cm³/mol. The Bertz CT molecular complexity index is 474. The third-order valence-electron chi connectivity index (χ3n) is 1.87. The quantitative estimate of drug-likeness (QED) is 0.232. The van der Waals surface area contributed by atoms with Gasteiger partial charge in [0.25, 0.3) is 5.69 Å². The maximum atomic E-state index is 10.7. The molecule has 0 aromatic heterocycles. The average molecular weight is 253 g/mol. The molecule has 0 amide bonds. The van der Waals surface area contributed by atoms with E-state index in [0.29, 0.717) is 5.56 Å². The van der Waals surface area contributed by atoms with Gasteiger partial charge in [-0.15, -0.1) is 0 Å². The second kappa shape index (κ2) is 5.75. The maximum absolute atomic E-state index is 10.7. The van der Waals surface area contributed by atoms with Crippen LogP contribution in [0.2, 0.25) is 0 Å². The Kier molecular flexibility index (Phi) is 4.35. The van der Waals surface area contributed by atoms with E-state index in [1.54, 1.807) is 18.2 Å². The lowest BCUT2D eigenvalue weighted by molar-refractivity contribution is -0.385. The number of thiocarbonyl (C=S) groups is 1. The van der Waals surface area contributed by atoms with Gasteiger partial charge in [-0.2, -0.15) is 5.10 Å². The van der Waals surface area contributed by atoms with Crippen LogP contribution in [0.1, 0.15) is 5.56 Å². The van der Waals surface area contributed by atoms with Gasteiger partial charge in [-0.05, 0) is 12.2 Å². The van der Waals surface area contributed by atoms with E-state index in [4.69, 9.17) is 11.5 Å². The van der Waals surface area contributed by atoms with Gasteiger partial charge in [-0.3, -0.25) is 15.5 Å². The third-order valence-corrected chi connectivity index (χ3v) is 1.96. The number of nitro groups is 1. The van der Waals surface area contributed by atoms with Crippen LogP contribution in [0.5, 0.6) is 0 Å². The van der Waals surface area contributed by atoms with Crippen molar-refractivity contribution in [2.75, 3.05) is 0 Å². The van der Waals surface area contributed by atoms with Crippen LogP contribution in [0, 0.1) is 10.1 Å². The lowest BCUT2D eigenvalue weighted by Gasteiger charge is -2.03. The average Bonchev–Trinajstić information content (AvgIpc) is 2.27. The third kappa shape index (κ3) is 4.03. The Labute approximate surface area is 103 Å². The lowest BCUT2D eigenvalue weighted by atomic mass is 10.1. The van der Waals surface area contributed by atoms with Crippen molar-refractivity contribution in [3.8, 4) is 0 Å². The molecular weight excluding hydrogens is 242 g/mol. The summed E-state index contributed by atoms with van der Waals surface area (Å²) in [6, 6.07) is 6.30. The molecule has 1 aromatic rings. The molecule has 0 fully saturated rings. The van der Waals surface area contributed by atoms with E-state index in [-0.39, 0.29) is 23.1 Å². The van der Waals surface area contributed by atoms with Crippen LogP contribution in [-0.2, 0) is 6.42 Å². The van der Waals surface area contributed by atoms with Gasteiger partial charge in [0.05, 0.1) is 4.92 Å². The molecule has 90 valence electrons. The van der Waals surface area contributed by atoms with Crippen LogP contribution in [0.15, 0.2) is 29.4 Å². The van der Waals surface area contributed by atoms with Crippen molar-refractivity contribution >= 4 is 28.9 Å². The van der Waals surface area contributed by atoms with Crippen molar-refractivity contribution in [3.05, 3.63) is 39.9 Å². The summed E-state index contributed by atoms with van der Waals surface area (Å²) < 4.78 is 0. The van der Waals surface area contributed by atoms with Crippen molar-refractivity contribution in [1.82, 2.24) is 5.43 Å². The predicted octanol–water partition coefficient (Wildman–Crippen LogP) is 0.243. The molecule has 0 spiro atoms. The molecule has 0 aliphatic heterocycles. The number of rotatable bonds is 4. The van der Waals surface area contributed by atoms with Crippen LogP contribution < -0.4 is 16.9 Å². The molecule has 1 rings (SSSR count). The molecule has 0 aliphatic rings. The summed E-state index contributed by atoms with van der Waals surface area (Å²) in [5.74, 6) is 0.159. The first-order valence-corrected chi connectivity index (χ1v) is 5.01. The second-order valence-corrected chi connectivity index (χ2v) is 3.58. The fourth-order valence-corrected chi connectivity index (χ4v) is 1.25. The highest BCUT2D eigenvalue weighted by Crippen LogP contribution is 2.17. The summed E-state index contributed by atoms with van der Waals surface area (Å²) in [5, 5.41) is 14.4. The minimum absolute atomic E-state index is 0.000903. The maximum Gasteiger partial charge on any atom is 0.273 e. The van der Waals surface area contributed by atoms with Crippen LogP contribution in [0.4, 0.5) is 5.69 Å². The van der Waals surface area contributed by atoms with Crippen molar-refractivity contribution in [2.45, 2.75) is 6.42 Å². The molecule has 8 heteroatoms. The van der Waals surface area contributed by atoms with Crippen molar-refractivity contribution < 1.29 is 4.92 Å². The molecule has 5 N–H and O–H groups in total. The van der Waals surface area contributed by atoms with E-state index < -0.39 is 4.92 Å². The number of nitrogens with zero attached hydrogens (tertiary/aromatic N) is 2. The van der Waals surface area contributed by atoms with Crippen LogP contribution in [0.25, 0.3) is 0 Å². The molecule has 0 aliphatic carbocycles. The largest absolute Gasteiger partial charge is 0.385 e. The number of hydrogen-bond donors (Lipinski definition) is 3. The molecule has 0 saturated carbocycles. The Balaban J connectivity index is 2.84. The number of hydrazone groups is 1. The van der Waals surface area contributed by atoms with Gasteiger partial charge in [0.15, 0.2) is 5.11 Å². The Morgan fingerprint density at radius 3 is 2.71 bits per heavy atom. The van der Waals surface area contributed by atoms with E-state index in [1.165, 1.54) is 6.07 Å². The number of hydrogen-bond acceptors (Lipinski definition) is 4. The summed E-state index contributed by atoms with van der Waals surface area (Å²) in [6.45, 7) is 0. The number of amidine groups is 1. The normalized spacial score (nSPS) is 10.9. The Morgan fingerprint density at radius 2 is 2.12 bits per heavy atom. The van der Waals surface area contributed by atoms with Gasteiger partial charge in [-0.25, -0.2) is 0 Å². The van der Waals surface area contributed by atoms with Crippen LogP contribution in [-0.4, -0.2) is 15.9 Å². The molecule has 0 saturated heterocycles.